The van der Waals surface area contributed by atoms with E-state index in [4.69, 9.17) is 16.3 Å². The number of halogens is 2. The number of aromatic nitrogens is 2. The second-order valence-electron chi connectivity index (χ2n) is 3.49. The number of ether oxygens (including phenoxy) is 1. The molecule has 18 heavy (non-hydrogen) atoms. The quantitative estimate of drug-likeness (QED) is 0.873. The van der Waals surface area contributed by atoms with Gasteiger partial charge in [-0.3, -0.25) is 0 Å². The van der Waals surface area contributed by atoms with E-state index in [9.17, 15) is 0 Å². The van der Waals surface area contributed by atoms with Crippen LogP contribution in [0.3, 0.4) is 0 Å². The summed E-state index contributed by atoms with van der Waals surface area (Å²) in [6.07, 6.45) is 1.69. The fourth-order valence-electron chi connectivity index (χ4n) is 1.44. The minimum atomic E-state index is 0.429. The monoisotopic (exact) mass is 327 g/mol. The minimum absolute atomic E-state index is 0.429. The number of methoxy groups -OCH3 is 1. The molecule has 0 bridgehead atoms. The highest BCUT2D eigenvalue weighted by Gasteiger charge is 2.04. The molecule has 2 aromatic rings. The van der Waals surface area contributed by atoms with Crippen LogP contribution < -0.4 is 10.1 Å². The van der Waals surface area contributed by atoms with Crippen LogP contribution in [0.4, 0.5) is 5.82 Å². The maximum absolute atomic E-state index is 5.92. The van der Waals surface area contributed by atoms with Crippen LogP contribution in [0.25, 0.3) is 0 Å². The molecular weight excluding hydrogens is 318 g/mol. The van der Waals surface area contributed by atoms with E-state index in [2.05, 4.69) is 31.2 Å². The maximum atomic E-state index is 5.92. The van der Waals surface area contributed by atoms with Crippen LogP contribution in [0.2, 0.25) is 5.15 Å². The average Bonchev–Trinajstić information content (AvgIpc) is 2.40. The SMILES string of the molecule is COc1ncccc1CNc1ccc(Br)c(Cl)n1. The molecule has 0 aliphatic rings. The Morgan fingerprint density at radius 3 is 2.94 bits per heavy atom. The molecule has 2 aromatic heterocycles. The Labute approximate surface area is 118 Å². The highest BCUT2D eigenvalue weighted by atomic mass is 79.9. The lowest BCUT2D eigenvalue weighted by atomic mass is 10.2. The third-order valence-electron chi connectivity index (χ3n) is 2.31. The van der Waals surface area contributed by atoms with Gasteiger partial charge in [0.2, 0.25) is 5.88 Å². The molecule has 0 atom stereocenters. The predicted molar refractivity (Wildman–Crippen MR) is 75.1 cm³/mol. The van der Waals surface area contributed by atoms with Crippen LogP contribution in [-0.4, -0.2) is 17.1 Å². The molecular formula is C12H11BrClN3O. The van der Waals surface area contributed by atoms with Gasteiger partial charge in [0.1, 0.15) is 11.0 Å². The summed E-state index contributed by atoms with van der Waals surface area (Å²) >= 11 is 9.22. The van der Waals surface area contributed by atoms with Crippen LogP contribution in [0.5, 0.6) is 5.88 Å². The number of rotatable bonds is 4. The van der Waals surface area contributed by atoms with Crippen LogP contribution in [0.15, 0.2) is 34.9 Å². The number of pyridine rings is 2. The summed E-state index contributed by atoms with van der Waals surface area (Å²) in [5.41, 5.74) is 0.959. The van der Waals surface area contributed by atoms with E-state index >= 15 is 0 Å². The normalized spacial score (nSPS) is 10.2. The largest absolute Gasteiger partial charge is 0.481 e. The van der Waals surface area contributed by atoms with Crippen molar-refractivity contribution in [3.05, 3.63) is 45.7 Å². The fourth-order valence-corrected chi connectivity index (χ4v) is 1.82. The Morgan fingerprint density at radius 2 is 2.22 bits per heavy atom. The maximum Gasteiger partial charge on any atom is 0.218 e. The van der Waals surface area contributed by atoms with E-state index in [0.717, 1.165) is 10.0 Å². The first kappa shape index (κ1) is 13.1. The first-order valence-corrected chi connectivity index (χ1v) is 6.41. The van der Waals surface area contributed by atoms with E-state index in [-0.39, 0.29) is 0 Å². The van der Waals surface area contributed by atoms with Crippen molar-refractivity contribution < 1.29 is 4.74 Å². The van der Waals surface area contributed by atoms with Crippen LogP contribution in [0, 0.1) is 0 Å². The molecule has 4 nitrogen and oxygen atoms in total. The topological polar surface area (TPSA) is 47.0 Å². The van der Waals surface area contributed by atoms with Crippen molar-refractivity contribution in [1.82, 2.24) is 9.97 Å². The summed E-state index contributed by atoms with van der Waals surface area (Å²) in [6.45, 7) is 0.571. The number of nitrogens with zero attached hydrogens (tertiary/aromatic N) is 2. The van der Waals surface area contributed by atoms with Crippen molar-refractivity contribution >= 4 is 33.3 Å². The first-order chi connectivity index (χ1) is 8.70. The Kier molecular flexibility index (Phi) is 4.38. The summed E-state index contributed by atoms with van der Waals surface area (Å²) in [5, 5.41) is 3.60. The summed E-state index contributed by atoms with van der Waals surface area (Å²) in [5.74, 6) is 1.31. The smallest absolute Gasteiger partial charge is 0.218 e. The van der Waals surface area contributed by atoms with Crippen molar-refractivity contribution in [1.29, 1.82) is 0 Å². The van der Waals surface area contributed by atoms with E-state index in [1.54, 1.807) is 13.3 Å². The Hall–Kier alpha value is -1.33. The third kappa shape index (κ3) is 3.11. The first-order valence-electron chi connectivity index (χ1n) is 5.24. The van der Waals surface area contributed by atoms with Gasteiger partial charge in [-0.25, -0.2) is 9.97 Å². The molecule has 0 saturated heterocycles. The number of hydrogen-bond donors (Lipinski definition) is 1. The lowest BCUT2D eigenvalue weighted by Crippen LogP contribution is -2.04. The van der Waals surface area contributed by atoms with Gasteiger partial charge in [0.15, 0.2) is 0 Å². The molecule has 94 valence electrons. The molecule has 0 radical (unpaired) electrons. The van der Waals surface area contributed by atoms with Gasteiger partial charge < -0.3 is 10.1 Å². The van der Waals surface area contributed by atoms with Gasteiger partial charge in [0, 0.05) is 18.3 Å². The van der Waals surface area contributed by atoms with E-state index in [0.29, 0.717) is 23.4 Å². The molecule has 0 unspecified atom stereocenters. The van der Waals surface area contributed by atoms with Gasteiger partial charge in [-0.05, 0) is 34.1 Å². The second kappa shape index (κ2) is 6.02. The van der Waals surface area contributed by atoms with Crippen LogP contribution >= 0.6 is 27.5 Å². The third-order valence-corrected chi connectivity index (χ3v) is 3.46. The van der Waals surface area contributed by atoms with E-state index in [1.165, 1.54) is 0 Å². The molecule has 2 heterocycles. The fraction of sp³-hybridized carbons (Fsp3) is 0.167. The lowest BCUT2D eigenvalue weighted by molar-refractivity contribution is 0.393. The Morgan fingerprint density at radius 1 is 1.39 bits per heavy atom. The van der Waals surface area contributed by atoms with Crippen molar-refractivity contribution in [2.45, 2.75) is 6.54 Å². The Bertz CT molecular complexity index is 551. The Balaban J connectivity index is 2.09. The minimum Gasteiger partial charge on any atom is -0.481 e. The van der Waals surface area contributed by atoms with Gasteiger partial charge in [-0.2, -0.15) is 0 Å². The summed E-state index contributed by atoms with van der Waals surface area (Å²) in [7, 11) is 1.60. The molecule has 1 N–H and O–H groups in total. The molecule has 0 spiro atoms. The molecule has 0 aliphatic heterocycles. The lowest BCUT2D eigenvalue weighted by Gasteiger charge is -2.09. The second-order valence-corrected chi connectivity index (χ2v) is 4.71. The molecule has 2 rings (SSSR count). The zero-order chi connectivity index (χ0) is 13.0. The standard InChI is InChI=1S/C12H11BrClN3O/c1-18-12-8(3-2-6-15-12)7-16-10-5-4-9(13)11(14)17-10/h2-6H,7H2,1H3,(H,16,17). The van der Waals surface area contributed by atoms with Crippen molar-refractivity contribution in [3.8, 4) is 5.88 Å². The zero-order valence-electron chi connectivity index (χ0n) is 9.65. The van der Waals surface area contributed by atoms with Crippen molar-refractivity contribution in [2.75, 3.05) is 12.4 Å². The predicted octanol–water partition coefficient (Wildman–Crippen LogP) is 3.51. The van der Waals surface area contributed by atoms with E-state index in [1.807, 2.05) is 24.3 Å². The molecule has 0 amide bonds. The molecule has 6 heteroatoms. The highest BCUT2D eigenvalue weighted by Crippen LogP contribution is 2.22. The zero-order valence-corrected chi connectivity index (χ0v) is 12.0. The van der Waals surface area contributed by atoms with Crippen LogP contribution in [-0.2, 0) is 6.54 Å². The van der Waals surface area contributed by atoms with Crippen molar-refractivity contribution in [3.63, 3.8) is 0 Å². The molecule has 0 fully saturated rings. The average molecular weight is 329 g/mol. The highest BCUT2D eigenvalue weighted by molar-refractivity contribution is 9.10. The number of nitrogens with one attached hydrogen (secondary N) is 1. The summed E-state index contributed by atoms with van der Waals surface area (Å²) in [4.78, 5) is 8.31. The van der Waals surface area contributed by atoms with Gasteiger partial charge in [-0.15, -0.1) is 0 Å². The van der Waals surface area contributed by atoms with Crippen molar-refractivity contribution in [2.24, 2.45) is 0 Å². The summed E-state index contributed by atoms with van der Waals surface area (Å²) < 4.78 is 5.94. The van der Waals surface area contributed by atoms with Gasteiger partial charge in [-0.1, -0.05) is 17.7 Å². The number of hydrogen-bond acceptors (Lipinski definition) is 4. The van der Waals surface area contributed by atoms with Gasteiger partial charge in [0.25, 0.3) is 0 Å². The molecule has 0 aromatic carbocycles. The molecule has 0 aliphatic carbocycles. The van der Waals surface area contributed by atoms with Gasteiger partial charge >= 0.3 is 0 Å². The number of anilines is 1. The van der Waals surface area contributed by atoms with Gasteiger partial charge in [0.05, 0.1) is 11.6 Å². The summed E-state index contributed by atoms with van der Waals surface area (Å²) in [6, 6.07) is 7.50. The van der Waals surface area contributed by atoms with E-state index < -0.39 is 0 Å². The van der Waals surface area contributed by atoms with Crippen LogP contribution in [0.1, 0.15) is 5.56 Å². The molecule has 0 saturated carbocycles.